The molecule has 0 atom stereocenters. The van der Waals surface area contributed by atoms with Crippen LogP contribution in [-0.4, -0.2) is 29.4 Å². The zero-order valence-electron chi connectivity index (χ0n) is 9.99. The van der Waals surface area contributed by atoms with Crippen molar-refractivity contribution in [3.8, 4) is 5.69 Å². The van der Waals surface area contributed by atoms with Gasteiger partial charge in [0.25, 0.3) is 0 Å². The predicted molar refractivity (Wildman–Crippen MR) is 77.8 cm³/mol. The van der Waals surface area contributed by atoms with E-state index in [4.69, 9.17) is 23.8 Å². The van der Waals surface area contributed by atoms with E-state index >= 15 is 0 Å². The summed E-state index contributed by atoms with van der Waals surface area (Å²) in [5.74, 6) is 0. The Bertz CT molecular complexity index is 998. The molecular formula is C12H7ClN6S. The molecule has 98 valence electrons. The molecule has 0 saturated carbocycles. The van der Waals surface area contributed by atoms with Gasteiger partial charge in [0.05, 0.1) is 17.3 Å². The van der Waals surface area contributed by atoms with Crippen molar-refractivity contribution in [3.05, 3.63) is 46.6 Å². The fraction of sp³-hybridized carbons (Fsp3) is 0. The number of benzene rings is 1. The number of nitrogens with one attached hydrogen (secondary N) is 1. The molecule has 0 aliphatic rings. The van der Waals surface area contributed by atoms with Crippen LogP contribution in [0, 0.1) is 4.77 Å². The largest absolute Gasteiger partial charge is 0.258 e. The SMILES string of the molecule is S=c1[nH]nc2c3cnn(-c4cccc(Cl)c4)c3ncn12. The molecule has 0 saturated heterocycles. The zero-order chi connectivity index (χ0) is 13.7. The van der Waals surface area contributed by atoms with E-state index in [0.29, 0.717) is 21.1 Å². The molecular weight excluding hydrogens is 296 g/mol. The summed E-state index contributed by atoms with van der Waals surface area (Å²) in [7, 11) is 0. The molecule has 8 heteroatoms. The molecule has 20 heavy (non-hydrogen) atoms. The minimum absolute atomic E-state index is 0.505. The second-order valence-electron chi connectivity index (χ2n) is 4.24. The van der Waals surface area contributed by atoms with Gasteiger partial charge < -0.3 is 0 Å². The number of nitrogens with zero attached hydrogens (tertiary/aromatic N) is 5. The maximum absolute atomic E-state index is 6.01. The van der Waals surface area contributed by atoms with Gasteiger partial charge in [-0.1, -0.05) is 17.7 Å². The van der Waals surface area contributed by atoms with Crippen LogP contribution >= 0.6 is 23.8 Å². The Kier molecular flexibility index (Phi) is 2.38. The van der Waals surface area contributed by atoms with E-state index in [2.05, 4.69) is 20.3 Å². The van der Waals surface area contributed by atoms with Gasteiger partial charge >= 0.3 is 0 Å². The van der Waals surface area contributed by atoms with Crippen LogP contribution in [0.15, 0.2) is 36.8 Å². The van der Waals surface area contributed by atoms with Crippen molar-refractivity contribution in [3.63, 3.8) is 0 Å². The lowest BCUT2D eigenvalue weighted by atomic mass is 10.3. The van der Waals surface area contributed by atoms with Crippen molar-refractivity contribution in [1.29, 1.82) is 0 Å². The Morgan fingerprint density at radius 3 is 3.00 bits per heavy atom. The third-order valence-corrected chi connectivity index (χ3v) is 3.56. The van der Waals surface area contributed by atoms with Gasteiger partial charge in [-0.15, -0.1) is 0 Å². The van der Waals surface area contributed by atoms with E-state index < -0.39 is 0 Å². The number of hydrogen-bond donors (Lipinski definition) is 1. The third-order valence-electron chi connectivity index (χ3n) is 3.04. The summed E-state index contributed by atoms with van der Waals surface area (Å²) in [6, 6.07) is 7.43. The summed E-state index contributed by atoms with van der Waals surface area (Å²) < 4.78 is 3.94. The quantitative estimate of drug-likeness (QED) is 0.549. The van der Waals surface area contributed by atoms with Crippen molar-refractivity contribution < 1.29 is 0 Å². The molecule has 3 heterocycles. The first-order valence-electron chi connectivity index (χ1n) is 5.79. The Hall–Kier alpha value is -2.25. The van der Waals surface area contributed by atoms with Gasteiger partial charge in [0, 0.05) is 5.02 Å². The van der Waals surface area contributed by atoms with E-state index in [1.807, 2.05) is 24.3 Å². The van der Waals surface area contributed by atoms with E-state index in [0.717, 1.165) is 11.1 Å². The standard InChI is InChI=1S/C12H7ClN6S/c13-7-2-1-3-8(4-7)19-10-9(5-15-19)11-16-17-12(20)18(11)6-14-10/h1-6H,(H,17,20). The van der Waals surface area contributed by atoms with Crippen LogP contribution in [-0.2, 0) is 0 Å². The first-order valence-corrected chi connectivity index (χ1v) is 6.58. The number of rotatable bonds is 1. The Labute approximate surface area is 122 Å². The van der Waals surface area contributed by atoms with E-state index in [1.165, 1.54) is 0 Å². The average molecular weight is 303 g/mol. The van der Waals surface area contributed by atoms with Crippen molar-refractivity contribution in [2.24, 2.45) is 0 Å². The summed E-state index contributed by atoms with van der Waals surface area (Å²) in [5, 5.41) is 12.8. The Balaban J connectivity index is 2.07. The van der Waals surface area contributed by atoms with E-state index in [-0.39, 0.29) is 0 Å². The summed E-state index contributed by atoms with van der Waals surface area (Å²) in [4.78, 5) is 4.40. The van der Waals surface area contributed by atoms with Gasteiger partial charge in [0.2, 0.25) is 4.77 Å². The number of aromatic nitrogens is 6. The molecule has 0 bridgehead atoms. The molecule has 0 aliphatic heterocycles. The van der Waals surface area contributed by atoms with Crippen LogP contribution in [0.25, 0.3) is 22.4 Å². The summed E-state index contributed by atoms with van der Waals surface area (Å²) in [6.45, 7) is 0. The van der Waals surface area contributed by atoms with Crippen LogP contribution in [0.1, 0.15) is 0 Å². The second-order valence-corrected chi connectivity index (χ2v) is 5.06. The Morgan fingerprint density at radius 2 is 2.15 bits per heavy atom. The van der Waals surface area contributed by atoms with Crippen LogP contribution < -0.4 is 0 Å². The zero-order valence-corrected chi connectivity index (χ0v) is 11.6. The normalized spacial score (nSPS) is 11.4. The number of halogens is 1. The molecule has 0 spiro atoms. The highest BCUT2D eigenvalue weighted by atomic mass is 35.5. The van der Waals surface area contributed by atoms with Crippen LogP contribution in [0.2, 0.25) is 5.02 Å². The maximum Gasteiger partial charge on any atom is 0.200 e. The highest BCUT2D eigenvalue weighted by Crippen LogP contribution is 2.21. The number of hydrogen-bond acceptors (Lipinski definition) is 4. The topological polar surface area (TPSA) is 63.8 Å². The molecule has 3 aromatic heterocycles. The van der Waals surface area contributed by atoms with Crippen molar-refractivity contribution >= 4 is 40.5 Å². The van der Waals surface area contributed by atoms with Gasteiger partial charge in [-0.2, -0.15) is 10.2 Å². The van der Waals surface area contributed by atoms with Gasteiger partial charge in [-0.05, 0) is 30.4 Å². The monoisotopic (exact) mass is 302 g/mol. The molecule has 0 amide bonds. The smallest absolute Gasteiger partial charge is 0.200 e. The molecule has 6 nitrogen and oxygen atoms in total. The van der Waals surface area contributed by atoms with E-state index in [9.17, 15) is 0 Å². The lowest BCUT2D eigenvalue weighted by Gasteiger charge is -2.03. The molecule has 1 aromatic carbocycles. The third kappa shape index (κ3) is 1.57. The molecule has 4 aromatic rings. The number of aromatic amines is 1. The van der Waals surface area contributed by atoms with Gasteiger partial charge in [0.15, 0.2) is 11.3 Å². The minimum atomic E-state index is 0.505. The first kappa shape index (κ1) is 11.6. The maximum atomic E-state index is 6.01. The van der Waals surface area contributed by atoms with Crippen molar-refractivity contribution in [2.45, 2.75) is 0 Å². The molecule has 0 unspecified atom stereocenters. The van der Waals surface area contributed by atoms with Crippen LogP contribution in [0.3, 0.4) is 0 Å². The predicted octanol–water partition coefficient (Wildman–Crippen LogP) is 2.78. The lowest BCUT2D eigenvalue weighted by Crippen LogP contribution is -1.98. The van der Waals surface area contributed by atoms with Crippen molar-refractivity contribution in [2.75, 3.05) is 0 Å². The van der Waals surface area contributed by atoms with Crippen LogP contribution in [0.4, 0.5) is 0 Å². The fourth-order valence-corrected chi connectivity index (χ4v) is 2.50. The van der Waals surface area contributed by atoms with Crippen LogP contribution in [0.5, 0.6) is 0 Å². The summed E-state index contributed by atoms with van der Waals surface area (Å²) >= 11 is 11.1. The summed E-state index contributed by atoms with van der Waals surface area (Å²) in [5.41, 5.74) is 2.25. The first-order chi connectivity index (χ1) is 9.74. The van der Waals surface area contributed by atoms with Gasteiger partial charge in [-0.3, -0.25) is 9.50 Å². The molecule has 0 radical (unpaired) electrons. The number of fused-ring (bicyclic) bond motifs is 3. The molecule has 1 N–H and O–H groups in total. The fourth-order valence-electron chi connectivity index (χ4n) is 2.14. The molecule has 0 fully saturated rings. The van der Waals surface area contributed by atoms with Gasteiger partial charge in [-0.25, -0.2) is 9.67 Å². The highest BCUT2D eigenvalue weighted by molar-refractivity contribution is 7.71. The van der Waals surface area contributed by atoms with Gasteiger partial charge in [0.1, 0.15) is 6.33 Å². The highest BCUT2D eigenvalue weighted by Gasteiger charge is 2.11. The van der Waals surface area contributed by atoms with Crippen molar-refractivity contribution in [1.82, 2.24) is 29.4 Å². The summed E-state index contributed by atoms with van der Waals surface area (Å²) in [6.07, 6.45) is 3.35. The second kappa shape index (κ2) is 4.12. The lowest BCUT2D eigenvalue weighted by molar-refractivity contribution is 0.893. The minimum Gasteiger partial charge on any atom is -0.258 e. The van der Waals surface area contributed by atoms with E-state index in [1.54, 1.807) is 21.6 Å². The Morgan fingerprint density at radius 1 is 1.25 bits per heavy atom. The average Bonchev–Trinajstić information content (AvgIpc) is 3.02. The number of H-pyrrole nitrogens is 1. The molecule has 4 rings (SSSR count). The molecule has 0 aliphatic carbocycles.